The van der Waals surface area contributed by atoms with Crippen LogP contribution in [0.15, 0.2) is 128 Å². The van der Waals surface area contributed by atoms with E-state index in [1.807, 2.05) is 0 Å². The molecule has 3 heteroatoms. The molecule has 0 saturated carbocycles. The zero-order valence-corrected chi connectivity index (χ0v) is 23.0. The van der Waals surface area contributed by atoms with Crippen LogP contribution >= 0.6 is 0 Å². The number of nitrogens with zero attached hydrogens (tertiary/aromatic N) is 3. The first-order valence-electron chi connectivity index (χ1n) is 13.9. The molecular formula is C37H30N3+3. The lowest BCUT2D eigenvalue weighted by atomic mass is 9.84. The van der Waals surface area contributed by atoms with Gasteiger partial charge in [0, 0.05) is 42.5 Å². The van der Waals surface area contributed by atoms with Crippen molar-refractivity contribution in [3.05, 3.63) is 156 Å². The Morgan fingerprint density at radius 2 is 0.925 bits per heavy atom. The molecule has 5 heterocycles. The first-order chi connectivity index (χ1) is 19.6. The molecule has 3 aromatic heterocycles. The minimum atomic E-state index is -0.643. The summed E-state index contributed by atoms with van der Waals surface area (Å²) in [6.45, 7) is 6.58. The molecule has 3 aromatic carbocycles. The Hall–Kier alpha value is -4.89. The van der Waals surface area contributed by atoms with Crippen LogP contribution in [0.4, 0.5) is 0 Å². The van der Waals surface area contributed by atoms with Gasteiger partial charge in [0.1, 0.15) is 16.7 Å². The van der Waals surface area contributed by atoms with Gasteiger partial charge in [0.15, 0.2) is 18.6 Å². The molecule has 1 unspecified atom stereocenters. The SMILES string of the molecule is Cc1ccc2c(c1)-[n+]1ccccc1-c1ccc(C)cc1C1(c3cc(C)ccc3-c3cccc[n+]31)[n+]1ccccc1-2. The zero-order chi connectivity index (χ0) is 27.0. The van der Waals surface area contributed by atoms with Crippen LogP contribution in [0.3, 0.4) is 0 Å². The highest BCUT2D eigenvalue weighted by Gasteiger charge is 2.63. The summed E-state index contributed by atoms with van der Waals surface area (Å²) in [4.78, 5) is 0. The van der Waals surface area contributed by atoms with Gasteiger partial charge in [0.05, 0.1) is 11.1 Å². The molecule has 0 fully saturated rings. The number of rotatable bonds is 0. The Labute approximate surface area is 234 Å². The third-order valence-electron chi connectivity index (χ3n) is 8.62. The second-order valence-corrected chi connectivity index (χ2v) is 11.2. The van der Waals surface area contributed by atoms with Crippen LogP contribution in [0, 0.1) is 20.8 Å². The van der Waals surface area contributed by atoms with Gasteiger partial charge >= 0.3 is 5.66 Å². The van der Waals surface area contributed by atoms with Gasteiger partial charge in [-0.2, -0.15) is 4.57 Å². The van der Waals surface area contributed by atoms with E-state index in [0.29, 0.717) is 0 Å². The summed E-state index contributed by atoms with van der Waals surface area (Å²) < 4.78 is 7.38. The lowest BCUT2D eigenvalue weighted by Crippen LogP contribution is -2.73. The van der Waals surface area contributed by atoms with E-state index in [2.05, 4.69) is 162 Å². The van der Waals surface area contributed by atoms with Crippen molar-refractivity contribution in [2.75, 3.05) is 0 Å². The standard InChI is InChI=1S/C37H30N3/c1-25-13-16-28-31(22-25)37(32-23-26(2)14-17-29(32)34-11-5-8-20-39(34)37)40-21-9-6-12-35(40)30-18-15-27(3)24-36(30)38-19-7-4-10-33(28)38/h4-24H,1-3H3/q+3. The Bertz CT molecular complexity index is 2000. The van der Waals surface area contributed by atoms with Crippen molar-refractivity contribution < 1.29 is 13.7 Å². The maximum atomic E-state index is 2.51. The molecule has 6 aromatic rings. The van der Waals surface area contributed by atoms with E-state index < -0.39 is 5.66 Å². The van der Waals surface area contributed by atoms with Crippen molar-refractivity contribution >= 4 is 0 Å². The van der Waals surface area contributed by atoms with E-state index in [0.717, 1.165) is 0 Å². The molecule has 3 nitrogen and oxygen atoms in total. The molecule has 0 amide bonds. The maximum absolute atomic E-state index is 2.51. The molecular weight excluding hydrogens is 486 g/mol. The third-order valence-corrected chi connectivity index (χ3v) is 8.62. The molecule has 0 radical (unpaired) electrons. The minimum absolute atomic E-state index is 0.643. The molecule has 0 N–H and O–H groups in total. The van der Waals surface area contributed by atoms with E-state index in [4.69, 9.17) is 0 Å². The normalized spacial score (nSPS) is 16.0. The zero-order valence-electron chi connectivity index (χ0n) is 23.0. The van der Waals surface area contributed by atoms with Crippen molar-refractivity contribution in [1.82, 2.24) is 0 Å². The van der Waals surface area contributed by atoms with E-state index >= 15 is 0 Å². The van der Waals surface area contributed by atoms with Crippen molar-refractivity contribution in [2.24, 2.45) is 0 Å². The lowest BCUT2D eigenvalue weighted by molar-refractivity contribution is -0.958. The topological polar surface area (TPSA) is 11.6 Å². The number of hydrogen-bond donors (Lipinski definition) is 0. The van der Waals surface area contributed by atoms with Crippen LogP contribution in [0.5, 0.6) is 0 Å². The predicted molar refractivity (Wildman–Crippen MR) is 157 cm³/mol. The molecule has 1 atom stereocenters. The molecule has 0 aliphatic carbocycles. The molecule has 2 aliphatic rings. The Morgan fingerprint density at radius 3 is 1.55 bits per heavy atom. The molecule has 8 rings (SSSR count). The van der Waals surface area contributed by atoms with E-state index in [9.17, 15) is 0 Å². The summed E-state index contributed by atoms with van der Waals surface area (Å²) in [5.74, 6) is 0. The molecule has 2 aliphatic heterocycles. The Morgan fingerprint density at radius 1 is 0.450 bits per heavy atom. The number of benzene rings is 3. The van der Waals surface area contributed by atoms with Gasteiger partial charge in [-0.3, -0.25) is 0 Å². The summed E-state index contributed by atoms with van der Waals surface area (Å²) in [6.07, 6.45) is 6.73. The van der Waals surface area contributed by atoms with Crippen LogP contribution in [-0.2, 0) is 5.66 Å². The first kappa shape index (κ1) is 23.0. The van der Waals surface area contributed by atoms with Crippen LogP contribution in [0.2, 0.25) is 0 Å². The summed E-state index contributed by atoms with van der Waals surface area (Å²) in [7, 11) is 0. The van der Waals surface area contributed by atoms with Crippen LogP contribution in [0.1, 0.15) is 27.8 Å². The van der Waals surface area contributed by atoms with E-state index in [1.54, 1.807) is 0 Å². The summed E-state index contributed by atoms with van der Waals surface area (Å²) in [6, 6.07) is 40.5. The van der Waals surface area contributed by atoms with Crippen molar-refractivity contribution in [3.8, 4) is 39.5 Å². The van der Waals surface area contributed by atoms with Crippen LogP contribution in [0.25, 0.3) is 39.5 Å². The number of fused-ring (bicyclic) bond motifs is 14. The average Bonchev–Trinajstić information content (AvgIpc) is 3.28. The highest BCUT2D eigenvalue weighted by molar-refractivity contribution is 5.74. The maximum Gasteiger partial charge on any atom is 0.417 e. The number of hydrogen-bond acceptors (Lipinski definition) is 0. The van der Waals surface area contributed by atoms with Crippen LogP contribution in [-0.4, -0.2) is 0 Å². The first-order valence-corrected chi connectivity index (χ1v) is 13.9. The van der Waals surface area contributed by atoms with Crippen LogP contribution < -0.4 is 13.7 Å². The molecule has 40 heavy (non-hydrogen) atoms. The number of pyridine rings is 3. The van der Waals surface area contributed by atoms with Gasteiger partial charge < -0.3 is 0 Å². The average molecular weight is 517 g/mol. The Balaban J connectivity index is 1.69. The van der Waals surface area contributed by atoms with Gasteiger partial charge in [-0.25, -0.2) is 0 Å². The second-order valence-electron chi connectivity index (χ2n) is 11.2. The summed E-state index contributed by atoms with van der Waals surface area (Å²) >= 11 is 0. The lowest BCUT2D eigenvalue weighted by Gasteiger charge is -2.24. The third kappa shape index (κ3) is 2.98. The number of aryl methyl sites for hydroxylation is 3. The van der Waals surface area contributed by atoms with Crippen molar-refractivity contribution in [2.45, 2.75) is 26.4 Å². The highest BCUT2D eigenvalue weighted by Crippen LogP contribution is 2.45. The van der Waals surface area contributed by atoms with Gasteiger partial charge in [-0.15, -0.1) is 9.13 Å². The predicted octanol–water partition coefficient (Wildman–Crippen LogP) is 6.39. The molecule has 0 saturated heterocycles. The van der Waals surface area contributed by atoms with Crippen molar-refractivity contribution in [1.29, 1.82) is 0 Å². The minimum Gasteiger partial charge on any atom is -0.159 e. The smallest absolute Gasteiger partial charge is 0.159 e. The van der Waals surface area contributed by atoms with E-state index in [-0.39, 0.29) is 0 Å². The largest absolute Gasteiger partial charge is 0.417 e. The monoisotopic (exact) mass is 516 g/mol. The molecule has 1 spiro atoms. The fourth-order valence-electron chi connectivity index (χ4n) is 6.94. The summed E-state index contributed by atoms with van der Waals surface area (Å²) in [5, 5.41) is 0. The second kappa shape index (κ2) is 8.30. The fourth-order valence-corrected chi connectivity index (χ4v) is 6.94. The Kier molecular flexibility index (Phi) is 4.78. The number of aromatic nitrogens is 3. The molecule has 0 bridgehead atoms. The van der Waals surface area contributed by atoms with Gasteiger partial charge in [0.25, 0.3) is 0 Å². The fraction of sp³-hybridized carbons (Fsp3) is 0.108. The van der Waals surface area contributed by atoms with Gasteiger partial charge in [-0.05, 0) is 74.9 Å². The quantitative estimate of drug-likeness (QED) is 0.207. The summed E-state index contributed by atoms with van der Waals surface area (Å²) in [5.41, 5.74) is 14.1. The van der Waals surface area contributed by atoms with E-state index in [1.165, 1.54) is 67.3 Å². The van der Waals surface area contributed by atoms with Gasteiger partial charge in [-0.1, -0.05) is 29.3 Å². The van der Waals surface area contributed by atoms with Gasteiger partial charge in [0.2, 0.25) is 22.8 Å². The highest BCUT2D eigenvalue weighted by atomic mass is 15.3. The van der Waals surface area contributed by atoms with Crippen molar-refractivity contribution in [3.63, 3.8) is 0 Å². The molecule has 190 valence electrons.